The molecule has 1 aliphatic rings. The Balaban J connectivity index is 2.18. The van der Waals surface area contributed by atoms with Crippen LogP contribution in [0.15, 0.2) is 12.2 Å². The molecule has 0 aromatic rings. The van der Waals surface area contributed by atoms with Crippen molar-refractivity contribution >= 4 is 11.9 Å². The first-order valence-electron chi connectivity index (χ1n) is 13.4. The minimum atomic E-state index is -0.394. The molecule has 0 heterocycles. The molecule has 0 N–H and O–H groups in total. The Morgan fingerprint density at radius 2 is 0.969 bits per heavy atom. The van der Waals surface area contributed by atoms with Gasteiger partial charge in [-0.25, -0.2) is 0 Å². The lowest BCUT2D eigenvalue weighted by Crippen LogP contribution is -2.34. The predicted molar refractivity (Wildman–Crippen MR) is 132 cm³/mol. The van der Waals surface area contributed by atoms with E-state index in [1.54, 1.807) is 0 Å². The molecular formula is C28H50O4. The van der Waals surface area contributed by atoms with Crippen LogP contribution in [0.3, 0.4) is 0 Å². The van der Waals surface area contributed by atoms with E-state index in [-0.39, 0.29) is 11.9 Å². The van der Waals surface area contributed by atoms with Crippen LogP contribution in [-0.2, 0) is 19.1 Å². The minimum absolute atomic E-state index is 0.235. The van der Waals surface area contributed by atoms with Crippen LogP contribution in [0, 0.1) is 23.7 Å². The van der Waals surface area contributed by atoms with Crippen molar-refractivity contribution in [2.24, 2.45) is 23.7 Å². The summed E-state index contributed by atoms with van der Waals surface area (Å²) in [6.07, 6.45) is 19.2. The number of rotatable bonds is 18. The fraction of sp³-hybridized carbons (Fsp3) is 0.857. The second-order valence-corrected chi connectivity index (χ2v) is 10.4. The second kappa shape index (κ2) is 18.1. The van der Waals surface area contributed by atoms with E-state index in [0.29, 0.717) is 26.1 Å². The Bertz CT molecular complexity index is 478. The van der Waals surface area contributed by atoms with E-state index in [1.165, 1.54) is 51.4 Å². The molecule has 0 amide bonds. The normalized spacial score (nSPS) is 18.3. The Morgan fingerprint density at radius 3 is 1.34 bits per heavy atom. The SMILES string of the molecule is CC(C)CCCCCCCOC(=O)[C@H]1CC=CC[C@H]1C(=O)OCCCCCCCC(C)C. The Hall–Kier alpha value is -1.32. The van der Waals surface area contributed by atoms with Gasteiger partial charge in [0, 0.05) is 0 Å². The maximum atomic E-state index is 12.6. The molecule has 1 aliphatic carbocycles. The van der Waals surface area contributed by atoms with E-state index >= 15 is 0 Å². The van der Waals surface area contributed by atoms with Crippen LogP contribution in [0.5, 0.6) is 0 Å². The van der Waals surface area contributed by atoms with Crippen LogP contribution in [0.4, 0.5) is 0 Å². The van der Waals surface area contributed by atoms with E-state index in [0.717, 1.165) is 37.5 Å². The minimum Gasteiger partial charge on any atom is -0.465 e. The molecule has 0 aromatic heterocycles. The van der Waals surface area contributed by atoms with Crippen LogP contribution in [0.1, 0.15) is 118 Å². The first kappa shape index (κ1) is 28.7. The number of unbranched alkanes of at least 4 members (excludes halogenated alkanes) is 8. The molecule has 0 bridgehead atoms. The highest BCUT2D eigenvalue weighted by Crippen LogP contribution is 2.28. The number of allylic oxidation sites excluding steroid dienone is 2. The van der Waals surface area contributed by atoms with Gasteiger partial charge in [0.05, 0.1) is 25.0 Å². The molecule has 0 unspecified atom stereocenters. The van der Waals surface area contributed by atoms with Crippen LogP contribution < -0.4 is 0 Å². The lowest BCUT2D eigenvalue weighted by Gasteiger charge is -2.25. The molecule has 0 saturated heterocycles. The summed E-state index contributed by atoms with van der Waals surface area (Å²) in [5.74, 6) is 0.297. The fourth-order valence-electron chi connectivity index (χ4n) is 4.26. The van der Waals surface area contributed by atoms with Crippen molar-refractivity contribution in [3.05, 3.63) is 12.2 Å². The molecule has 4 nitrogen and oxygen atoms in total. The summed E-state index contributed by atoms with van der Waals surface area (Å²) in [7, 11) is 0. The quantitative estimate of drug-likeness (QED) is 0.122. The van der Waals surface area contributed by atoms with Gasteiger partial charge in [-0.2, -0.15) is 0 Å². The molecule has 1 rings (SSSR count). The van der Waals surface area contributed by atoms with E-state index in [2.05, 4.69) is 27.7 Å². The Kier molecular flexibility index (Phi) is 16.3. The summed E-state index contributed by atoms with van der Waals surface area (Å²) < 4.78 is 11.0. The van der Waals surface area contributed by atoms with E-state index in [1.807, 2.05) is 12.2 Å². The number of hydrogen-bond donors (Lipinski definition) is 0. The molecule has 32 heavy (non-hydrogen) atoms. The molecule has 0 fully saturated rings. The molecule has 0 aromatic carbocycles. The highest BCUT2D eigenvalue weighted by atomic mass is 16.5. The Morgan fingerprint density at radius 1 is 0.625 bits per heavy atom. The third-order valence-corrected chi connectivity index (χ3v) is 6.38. The van der Waals surface area contributed by atoms with Crippen LogP contribution in [0.25, 0.3) is 0 Å². The lowest BCUT2D eigenvalue weighted by atomic mass is 9.83. The third-order valence-electron chi connectivity index (χ3n) is 6.38. The van der Waals surface area contributed by atoms with Gasteiger partial charge in [-0.05, 0) is 37.5 Å². The standard InChI is InChI=1S/C28H50O4/c1-23(2)17-11-7-5-9-15-21-31-27(29)25-19-13-14-20-26(25)28(30)32-22-16-10-6-8-12-18-24(3)4/h13-14,23-26H,5-12,15-22H2,1-4H3/t25-,26+. The van der Waals surface area contributed by atoms with Gasteiger partial charge in [0.25, 0.3) is 0 Å². The molecule has 186 valence electrons. The van der Waals surface area contributed by atoms with Crippen molar-refractivity contribution in [2.45, 2.75) is 118 Å². The maximum absolute atomic E-state index is 12.6. The largest absolute Gasteiger partial charge is 0.465 e. The zero-order valence-electron chi connectivity index (χ0n) is 21.4. The van der Waals surface area contributed by atoms with Crippen molar-refractivity contribution in [1.82, 2.24) is 0 Å². The van der Waals surface area contributed by atoms with Gasteiger partial charge in [0.1, 0.15) is 0 Å². The summed E-state index contributed by atoms with van der Waals surface area (Å²) in [5.41, 5.74) is 0. The van der Waals surface area contributed by atoms with Crippen molar-refractivity contribution in [3.63, 3.8) is 0 Å². The smallest absolute Gasteiger partial charge is 0.310 e. The summed E-state index contributed by atoms with van der Waals surface area (Å²) >= 11 is 0. The van der Waals surface area contributed by atoms with Gasteiger partial charge in [0.2, 0.25) is 0 Å². The molecule has 0 saturated carbocycles. The number of ether oxygens (including phenoxy) is 2. The van der Waals surface area contributed by atoms with Gasteiger partial charge in [-0.1, -0.05) is 104 Å². The molecule has 0 spiro atoms. The summed E-state index contributed by atoms with van der Waals surface area (Å²) in [6.45, 7) is 9.97. The number of hydrogen-bond acceptors (Lipinski definition) is 4. The van der Waals surface area contributed by atoms with Gasteiger partial charge >= 0.3 is 11.9 Å². The van der Waals surface area contributed by atoms with Crippen molar-refractivity contribution in [2.75, 3.05) is 13.2 Å². The van der Waals surface area contributed by atoms with Gasteiger partial charge in [-0.3, -0.25) is 9.59 Å². The average molecular weight is 451 g/mol. The van der Waals surface area contributed by atoms with Crippen molar-refractivity contribution in [1.29, 1.82) is 0 Å². The van der Waals surface area contributed by atoms with E-state index in [4.69, 9.17) is 9.47 Å². The van der Waals surface area contributed by atoms with E-state index in [9.17, 15) is 9.59 Å². The number of carbonyl (C=O) groups is 2. The predicted octanol–water partition coefficient (Wildman–Crippen LogP) is 7.65. The topological polar surface area (TPSA) is 52.6 Å². The van der Waals surface area contributed by atoms with Crippen molar-refractivity contribution in [3.8, 4) is 0 Å². The van der Waals surface area contributed by atoms with Gasteiger partial charge in [0.15, 0.2) is 0 Å². The second-order valence-electron chi connectivity index (χ2n) is 10.4. The molecule has 2 atom stereocenters. The summed E-state index contributed by atoms with van der Waals surface area (Å²) in [6, 6.07) is 0. The zero-order valence-corrected chi connectivity index (χ0v) is 21.4. The average Bonchev–Trinajstić information content (AvgIpc) is 2.76. The van der Waals surface area contributed by atoms with E-state index < -0.39 is 11.8 Å². The lowest BCUT2D eigenvalue weighted by molar-refractivity contribution is -0.161. The third kappa shape index (κ3) is 14.0. The number of esters is 2. The van der Waals surface area contributed by atoms with Crippen molar-refractivity contribution < 1.29 is 19.1 Å². The monoisotopic (exact) mass is 450 g/mol. The Labute approximate surface area is 197 Å². The number of carbonyl (C=O) groups excluding carboxylic acids is 2. The zero-order chi connectivity index (χ0) is 23.6. The molecule has 4 heteroatoms. The van der Waals surface area contributed by atoms with Crippen LogP contribution in [-0.4, -0.2) is 25.2 Å². The first-order chi connectivity index (χ1) is 15.4. The maximum Gasteiger partial charge on any atom is 0.310 e. The van der Waals surface area contributed by atoms with Crippen LogP contribution in [0.2, 0.25) is 0 Å². The molecule has 0 radical (unpaired) electrons. The summed E-state index contributed by atoms with van der Waals surface area (Å²) in [5, 5.41) is 0. The highest BCUT2D eigenvalue weighted by Gasteiger charge is 2.36. The van der Waals surface area contributed by atoms with Crippen LogP contribution >= 0.6 is 0 Å². The first-order valence-corrected chi connectivity index (χ1v) is 13.4. The summed E-state index contributed by atoms with van der Waals surface area (Å²) in [4.78, 5) is 25.2. The fourth-order valence-corrected chi connectivity index (χ4v) is 4.26. The molecular weight excluding hydrogens is 400 g/mol. The van der Waals surface area contributed by atoms with Gasteiger partial charge in [-0.15, -0.1) is 0 Å². The van der Waals surface area contributed by atoms with Gasteiger partial charge < -0.3 is 9.47 Å². The molecule has 0 aliphatic heterocycles. The highest BCUT2D eigenvalue weighted by molar-refractivity contribution is 5.82.